The molecule has 0 radical (unpaired) electrons. The summed E-state index contributed by atoms with van der Waals surface area (Å²) in [5, 5.41) is 14.0. The van der Waals surface area contributed by atoms with Crippen molar-refractivity contribution >= 4 is 5.65 Å². The maximum atomic E-state index is 12.0. The summed E-state index contributed by atoms with van der Waals surface area (Å²) < 4.78 is 2.98. The van der Waals surface area contributed by atoms with Crippen molar-refractivity contribution in [3.8, 4) is 0 Å². The maximum Gasteiger partial charge on any atom is 0.350 e. The normalized spacial score (nSPS) is 12.5. The van der Waals surface area contributed by atoms with Crippen LogP contribution in [-0.2, 0) is 6.54 Å². The molecule has 1 N–H and O–H groups in total. The zero-order valence-corrected chi connectivity index (χ0v) is 11.6. The lowest BCUT2D eigenvalue weighted by Crippen LogP contribution is -2.38. The molecule has 0 aliphatic heterocycles. The van der Waals surface area contributed by atoms with E-state index in [4.69, 9.17) is 0 Å². The predicted molar refractivity (Wildman–Crippen MR) is 73.2 cm³/mol. The van der Waals surface area contributed by atoms with Crippen LogP contribution in [0.4, 0.5) is 0 Å². The van der Waals surface area contributed by atoms with E-state index in [1.165, 1.54) is 9.08 Å². The minimum absolute atomic E-state index is 0.132. The third-order valence-corrected chi connectivity index (χ3v) is 2.84. The summed E-state index contributed by atoms with van der Waals surface area (Å²) in [5.74, 6) is 0. The molecule has 2 rings (SSSR count). The van der Waals surface area contributed by atoms with Gasteiger partial charge in [-0.1, -0.05) is 6.07 Å². The van der Waals surface area contributed by atoms with Crippen LogP contribution in [0.15, 0.2) is 29.2 Å². The number of nitrogens with zero attached hydrogens (tertiary/aromatic N) is 4. The first-order valence-electron chi connectivity index (χ1n) is 6.32. The molecule has 0 fully saturated rings. The molecule has 0 spiro atoms. The average molecular weight is 264 g/mol. The first-order valence-corrected chi connectivity index (χ1v) is 6.32. The van der Waals surface area contributed by atoms with E-state index in [0.717, 1.165) is 0 Å². The fourth-order valence-corrected chi connectivity index (χ4v) is 2.12. The minimum atomic E-state index is -0.737. The van der Waals surface area contributed by atoms with E-state index in [1.54, 1.807) is 32.2 Å². The van der Waals surface area contributed by atoms with Crippen LogP contribution in [0.25, 0.3) is 5.65 Å². The second kappa shape index (κ2) is 5.14. The molecule has 0 bridgehead atoms. The van der Waals surface area contributed by atoms with E-state index in [-0.39, 0.29) is 5.69 Å². The van der Waals surface area contributed by atoms with Crippen LogP contribution in [0.5, 0.6) is 0 Å². The Morgan fingerprint density at radius 2 is 2.16 bits per heavy atom. The van der Waals surface area contributed by atoms with Gasteiger partial charge in [-0.2, -0.15) is 0 Å². The first kappa shape index (κ1) is 13.8. The zero-order chi connectivity index (χ0) is 14.0. The number of hydrogen-bond acceptors (Lipinski definition) is 4. The highest BCUT2D eigenvalue weighted by molar-refractivity contribution is 5.35. The molecule has 104 valence electrons. The largest absolute Gasteiger partial charge is 0.389 e. The molecule has 2 aromatic heterocycles. The number of aromatic nitrogens is 3. The predicted octanol–water partition coefficient (Wildman–Crippen LogP) is 0.199. The molecule has 2 aromatic rings. The molecule has 2 heterocycles. The highest BCUT2D eigenvalue weighted by Crippen LogP contribution is 2.03. The Morgan fingerprint density at radius 1 is 1.42 bits per heavy atom. The lowest BCUT2D eigenvalue weighted by molar-refractivity contribution is 0.0434. The Balaban J connectivity index is 2.06. The van der Waals surface area contributed by atoms with Gasteiger partial charge in [0, 0.05) is 19.3 Å². The fourth-order valence-electron chi connectivity index (χ4n) is 2.12. The summed E-state index contributed by atoms with van der Waals surface area (Å²) in [5.41, 5.74) is -0.219. The van der Waals surface area contributed by atoms with Crippen LogP contribution in [0.2, 0.25) is 0 Å². The third-order valence-electron chi connectivity index (χ3n) is 2.84. The molecular formula is C13H20N4O2. The van der Waals surface area contributed by atoms with Crippen LogP contribution in [0.1, 0.15) is 13.8 Å². The lowest BCUT2D eigenvalue weighted by atomic mass is 10.1. The summed E-state index contributed by atoms with van der Waals surface area (Å²) >= 11 is 0. The van der Waals surface area contributed by atoms with Gasteiger partial charge in [-0.3, -0.25) is 4.40 Å². The maximum absolute atomic E-state index is 12.0. The molecule has 6 nitrogen and oxygen atoms in total. The lowest BCUT2D eigenvalue weighted by Gasteiger charge is -2.25. The molecule has 0 unspecified atom stereocenters. The highest BCUT2D eigenvalue weighted by atomic mass is 16.3. The Kier molecular flexibility index (Phi) is 3.73. The van der Waals surface area contributed by atoms with Crippen molar-refractivity contribution in [2.45, 2.75) is 26.0 Å². The van der Waals surface area contributed by atoms with Crippen LogP contribution in [0.3, 0.4) is 0 Å². The number of fused-ring (bicyclic) bond motifs is 1. The molecule has 0 saturated heterocycles. The second-order valence-electron chi connectivity index (χ2n) is 5.48. The van der Waals surface area contributed by atoms with Crippen molar-refractivity contribution in [1.82, 2.24) is 19.1 Å². The first-order chi connectivity index (χ1) is 8.87. The summed E-state index contributed by atoms with van der Waals surface area (Å²) in [6.07, 6.45) is 1.71. The Morgan fingerprint density at radius 3 is 2.79 bits per heavy atom. The number of rotatable bonds is 5. The van der Waals surface area contributed by atoms with E-state index in [9.17, 15) is 9.90 Å². The zero-order valence-electron chi connectivity index (χ0n) is 11.6. The van der Waals surface area contributed by atoms with E-state index in [1.807, 2.05) is 18.0 Å². The van der Waals surface area contributed by atoms with Gasteiger partial charge in [0.2, 0.25) is 0 Å². The topological polar surface area (TPSA) is 62.8 Å². The van der Waals surface area contributed by atoms with Crippen LogP contribution in [-0.4, -0.2) is 49.9 Å². The number of pyridine rings is 1. The number of aliphatic hydroxyl groups is 1. The van der Waals surface area contributed by atoms with Gasteiger partial charge in [-0.15, -0.1) is 5.10 Å². The molecule has 0 amide bonds. The van der Waals surface area contributed by atoms with Gasteiger partial charge in [-0.25, -0.2) is 9.48 Å². The SMILES string of the molecule is CN(CCn1nc2ccccn2c1=O)CC(C)(C)O. The quantitative estimate of drug-likeness (QED) is 0.838. The van der Waals surface area contributed by atoms with Crippen LogP contribution < -0.4 is 5.69 Å². The van der Waals surface area contributed by atoms with Gasteiger partial charge >= 0.3 is 5.69 Å². The number of hydrogen-bond donors (Lipinski definition) is 1. The van der Waals surface area contributed by atoms with Gasteiger partial charge in [-0.05, 0) is 33.0 Å². The Bertz CT molecular complexity index is 609. The minimum Gasteiger partial charge on any atom is -0.389 e. The van der Waals surface area contributed by atoms with Gasteiger partial charge < -0.3 is 10.0 Å². The van der Waals surface area contributed by atoms with Crippen molar-refractivity contribution in [2.75, 3.05) is 20.1 Å². The van der Waals surface area contributed by atoms with E-state index in [2.05, 4.69) is 5.10 Å². The van der Waals surface area contributed by atoms with Gasteiger partial charge in [0.1, 0.15) is 0 Å². The summed E-state index contributed by atoms with van der Waals surface area (Å²) in [4.78, 5) is 14.0. The Labute approximate surface area is 111 Å². The molecule has 6 heteroatoms. The molecular weight excluding hydrogens is 244 g/mol. The second-order valence-corrected chi connectivity index (χ2v) is 5.48. The summed E-state index contributed by atoms with van der Waals surface area (Å²) in [6.45, 7) is 5.25. The number of likely N-dealkylation sites (N-methyl/N-ethyl adjacent to an activating group) is 1. The molecule has 0 saturated carbocycles. The van der Waals surface area contributed by atoms with E-state index in [0.29, 0.717) is 25.3 Å². The van der Waals surface area contributed by atoms with Gasteiger partial charge in [0.15, 0.2) is 5.65 Å². The average Bonchev–Trinajstić information content (AvgIpc) is 2.62. The molecule has 0 aliphatic carbocycles. The van der Waals surface area contributed by atoms with Crippen molar-refractivity contribution < 1.29 is 5.11 Å². The standard InChI is InChI=1S/C13H20N4O2/c1-13(2,19)10-15(3)8-9-17-12(18)16-7-5-4-6-11(16)14-17/h4-7,19H,8-10H2,1-3H3. The molecule has 19 heavy (non-hydrogen) atoms. The van der Waals surface area contributed by atoms with Gasteiger partial charge in [0.05, 0.1) is 12.1 Å². The summed E-state index contributed by atoms with van der Waals surface area (Å²) in [7, 11) is 1.92. The monoisotopic (exact) mass is 264 g/mol. The third kappa shape index (κ3) is 3.42. The van der Waals surface area contributed by atoms with Crippen molar-refractivity contribution in [1.29, 1.82) is 0 Å². The highest BCUT2D eigenvalue weighted by Gasteiger charge is 2.15. The Hall–Kier alpha value is -1.66. The van der Waals surface area contributed by atoms with Crippen molar-refractivity contribution in [3.63, 3.8) is 0 Å². The summed E-state index contributed by atoms with van der Waals surface area (Å²) in [6, 6.07) is 5.46. The smallest absolute Gasteiger partial charge is 0.350 e. The van der Waals surface area contributed by atoms with Crippen LogP contribution >= 0.6 is 0 Å². The van der Waals surface area contributed by atoms with Gasteiger partial charge in [0.25, 0.3) is 0 Å². The molecule has 0 aromatic carbocycles. The van der Waals surface area contributed by atoms with E-state index < -0.39 is 5.60 Å². The van der Waals surface area contributed by atoms with E-state index >= 15 is 0 Å². The molecule has 0 aliphatic rings. The fraction of sp³-hybridized carbons (Fsp3) is 0.538. The van der Waals surface area contributed by atoms with Crippen molar-refractivity contribution in [2.24, 2.45) is 0 Å². The molecule has 0 atom stereocenters. The van der Waals surface area contributed by atoms with Crippen molar-refractivity contribution in [3.05, 3.63) is 34.9 Å². The van der Waals surface area contributed by atoms with Crippen LogP contribution in [0, 0.1) is 0 Å².